The molecule has 3 heterocycles. The van der Waals surface area contributed by atoms with Gasteiger partial charge in [0.25, 0.3) is 11.5 Å². The maximum atomic E-state index is 15.8. The van der Waals surface area contributed by atoms with E-state index in [1.165, 1.54) is 17.0 Å². The summed E-state index contributed by atoms with van der Waals surface area (Å²) < 4.78 is 17.0. The number of anilines is 3. The van der Waals surface area contributed by atoms with Gasteiger partial charge in [0.2, 0.25) is 5.91 Å². The van der Waals surface area contributed by atoms with E-state index in [2.05, 4.69) is 25.9 Å². The molecular weight excluding hydrogens is 463 g/mol. The third-order valence-corrected chi connectivity index (χ3v) is 6.67. The molecular formula is C26H27FN6O3. The first-order valence-electron chi connectivity index (χ1n) is 12.1. The molecule has 3 N–H and O–H groups in total. The molecule has 36 heavy (non-hydrogen) atoms. The summed E-state index contributed by atoms with van der Waals surface area (Å²) in [5.41, 5.74) is -0.0505. The van der Waals surface area contributed by atoms with Crippen molar-refractivity contribution < 1.29 is 14.0 Å². The van der Waals surface area contributed by atoms with Crippen LogP contribution in [0.4, 0.5) is 21.7 Å². The van der Waals surface area contributed by atoms with Crippen LogP contribution in [-0.2, 0) is 16.9 Å². The summed E-state index contributed by atoms with van der Waals surface area (Å²) in [6.07, 6.45) is 1.59. The normalized spacial score (nSPS) is 21.2. The highest BCUT2D eigenvalue weighted by molar-refractivity contribution is 5.97. The molecule has 0 radical (unpaired) electrons. The van der Waals surface area contributed by atoms with Gasteiger partial charge < -0.3 is 16.0 Å². The zero-order valence-corrected chi connectivity index (χ0v) is 20.3. The lowest BCUT2D eigenvalue weighted by Crippen LogP contribution is -2.49. The van der Waals surface area contributed by atoms with Gasteiger partial charge in [0.05, 0.1) is 0 Å². The van der Waals surface area contributed by atoms with E-state index in [1.54, 1.807) is 31.2 Å². The number of pyridine rings is 1. The molecule has 1 unspecified atom stereocenters. The van der Waals surface area contributed by atoms with Crippen molar-refractivity contribution in [3.05, 3.63) is 75.5 Å². The number of aromatic nitrogens is 3. The number of carbonyl (C=O) groups is 2. The number of halogens is 1. The molecule has 1 spiro atoms. The Labute approximate surface area is 207 Å². The molecule has 2 aliphatic carbocycles. The molecule has 1 aromatic carbocycles. The Morgan fingerprint density at radius 2 is 1.86 bits per heavy atom. The minimum absolute atomic E-state index is 0.0146. The van der Waals surface area contributed by atoms with Gasteiger partial charge in [-0.15, -0.1) is 0 Å². The van der Waals surface area contributed by atoms with E-state index in [-0.39, 0.29) is 35.4 Å². The maximum Gasteiger partial charge on any atom is 0.276 e. The Balaban J connectivity index is 0.00000130. The zero-order chi connectivity index (χ0) is 25.6. The molecule has 6 rings (SSSR count). The molecule has 1 aliphatic heterocycles. The number of carbonyl (C=O) groups excluding carboxylic acids is 2. The first-order chi connectivity index (χ1) is 17.4. The third kappa shape index (κ3) is 3.73. The number of aryl methyl sites for hydroxylation is 1. The monoisotopic (exact) mass is 490 g/mol. The van der Waals surface area contributed by atoms with Crippen LogP contribution in [0.1, 0.15) is 60.0 Å². The van der Waals surface area contributed by atoms with Gasteiger partial charge in [-0.1, -0.05) is 38.1 Å². The van der Waals surface area contributed by atoms with Gasteiger partial charge in [-0.3, -0.25) is 19.0 Å². The summed E-state index contributed by atoms with van der Waals surface area (Å²) in [6.45, 7) is 5.70. The van der Waals surface area contributed by atoms with E-state index in [0.717, 1.165) is 18.4 Å². The standard InChI is InChI=1S/C24H21FN6O3.C2H6/c1-12-8-16(28-17-9-18(27-11-26-17)29-21(32)13-6-7-13)23(34)31-19(12)22(33)30-24(31)10-14-4-2-3-5-15(14)20(24)25;1-2/h2-5,8-9,11,13,20H,6-7,10H2,1H3,(H,30,33)(H2,26,27,28,29,32);1-2H3/t20-,24?;/m0./s1. The summed E-state index contributed by atoms with van der Waals surface area (Å²) >= 11 is 0. The number of alkyl halides is 1. The maximum absolute atomic E-state index is 15.8. The Bertz CT molecular complexity index is 1430. The first-order valence-corrected chi connectivity index (χ1v) is 12.1. The van der Waals surface area contributed by atoms with Crippen molar-refractivity contribution >= 4 is 29.1 Å². The molecule has 10 heteroatoms. The average molecular weight is 491 g/mol. The van der Waals surface area contributed by atoms with Crippen LogP contribution in [0.15, 0.2) is 47.5 Å². The SMILES string of the molecule is CC.Cc1cc(Nc2cc(NC(=O)C3CC3)ncn2)c(=O)n2c1C(=O)NC21Cc2ccccc2[C@@H]1F. The molecule has 1 saturated carbocycles. The van der Waals surface area contributed by atoms with Gasteiger partial charge in [-0.2, -0.15) is 0 Å². The smallest absolute Gasteiger partial charge is 0.276 e. The quantitative estimate of drug-likeness (QED) is 0.513. The molecule has 2 aromatic heterocycles. The second-order valence-corrected chi connectivity index (χ2v) is 9.02. The van der Waals surface area contributed by atoms with E-state index in [1.807, 2.05) is 19.9 Å². The molecule has 2 atom stereocenters. The Hall–Kier alpha value is -4.08. The second kappa shape index (κ2) is 8.85. The van der Waals surface area contributed by atoms with Gasteiger partial charge in [-0.25, -0.2) is 14.4 Å². The van der Waals surface area contributed by atoms with Crippen molar-refractivity contribution in [1.29, 1.82) is 0 Å². The van der Waals surface area contributed by atoms with E-state index in [0.29, 0.717) is 16.9 Å². The molecule has 2 amide bonds. The molecule has 3 aliphatic rings. The first kappa shape index (κ1) is 23.7. The lowest BCUT2D eigenvalue weighted by molar-refractivity contribution is -0.117. The number of benzene rings is 1. The topological polar surface area (TPSA) is 118 Å². The highest BCUT2D eigenvalue weighted by atomic mass is 19.1. The largest absolute Gasteiger partial charge is 0.336 e. The third-order valence-electron chi connectivity index (χ3n) is 6.67. The van der Waals surface area contributed by atoms with Crippen molar-refractivity contribution in [2.24, 2.45) is 5.92 Å². The number of rotatable bonds is 4. The number of amides is 2. The lowest BCUT2D eigenvalue weighted by atomic mass is 10.1. The van der Waals surface area contributed by atoms with E-state index >= 15 is 4.39 Å². The second-order valence-electron chi connectivity index (χ2n) is 9.02. The number of nitrogens with zero attached hydrogens (tertiary/aromatic N) is 3. The summed E-state index contributed by atoms with van der Waals surface area (Å²) in [6, 6.07) is 10.1. The minimum Gasteiger partial charge on any atom is -0.336 e. The van der Waals surface area contributed by atoms with Crippen molar-refractivity contribution in [3.8, 4) is 0 Å². The van der Waals surface area contributed by atoms with Crippen molar-refractivity contribution in [2.75, 3.05) is 10.6 Å². The van der Waals surface area contributed by atoms with Gasteiger partial charge in [-0.05, 0) is 42.5 Å². The van der Waals surface area contributed by atoms with E-state index in [9.17, 15) is 14.4 Å². The number of hydrogen-bond donors (Lipinski definition) is 3. The van der Waals surface area contributed by atoms with Crippen LogP contribution in [0.5, 0.6) is 0 Å². The van der Waals surface area contributed by atoms with Gasteiger partial charge in [0.15, 0.2) is 11.8 Å². The van der Waals surface area contributed by atoms with E-state index in [4.69, 9.17) is 0 Å². The molecule has 186 valence electrons. The van der Waals surface area contributed by atoms with Crippen LogP contribution in [0.2, 0.25) is 0 Å². The Kier molecular flexibility index (Phi) is 5.82. The zero-order valence-electron chi connectivity index (χ0n) is 20.3. The van der Waals surface area contributed by atoms with Crippen LogP contribution in [0.3, 0.4) is 0 Å². The number of nitrogens with one attached hydrogen (secondary N) is 3. The van der Waals surface area contributed by atoms with Crippen LogP contribution < -0.4 is 21.5 Å². The average Bonchev–Trinajstić information content (AvgIpc) is 3.63. The van der Waals surface area contributed by atoms with Crippen LogP contribution in [0, 0.1) is 12.8 Å². The molecule has 3 aromatic rings. The molecule has 9 nitrogen and oxygen atoms in total. The summed E-state index contributed by atoms with van der Waals surface area (Å²) in [4.78, 5) is 46.7. The minimum atomic E-state index is -1.58. The summed E-state index contributed by atoms with van der Waals surface area (Å²) in [7, 11) is 0. The number of hydrogen-bond acceptors (Lipinski definition) is 6. The van der Waals surface area contributed by atoms with Gasteiger partial charge in [0, 0.05) is 18.4 Å². The molecule has 1 fully saturated rings. The predicted octanol–water partition coefficient (Wildman–Crippen LogP) is 3.73. The predicted molar refractivity (Wildman–Crippen MR) is 133 cm³/mol. The fourth-order valence-corrected chi connectivity index (χ4v) is 4.89. The van der Waals surface area contributed by atoms with Crippen molar-refractivity contribution in [2.45, 2.75) is 51.9 Å². The fourth-order valence-electron chi connectivity index (χ4n) is 4.89. The van der Waals surface area contributed by atoms with Crippen LogP contribution in [-0.4, -0.2) is 26.3 Å². The number of fused-ring (bicyclic) bond motifs is 3. The van der Waals surface area contributed by atoms with Gasteiger partial charge >= 0.3 is 0 Å². The molecule has 0 bridgehead atoms. The molecule has 0 saturated heterocycles. The lowest BCUT2D eigenvalue weighted by Gasteiger charge is -2.29. The van der Waals surface area contributed by atoms with Crippen LogP contribution in [0.25, 0.3) is 0 Å². The highest BCUT2D eigenvalue weighted by Gasteiger charge is 2.55. The van der Waals surface area contributed by atoms with Crippen LogP contribution >= 0.6 is 0 Å². The van der Waals surface area contributed by atoms with Crippen molar-refractivity contribution in [1.82, 2.24) is 19.9 Å². The fraction of sp³-hybridized carbons (Fsp3) is 0.346. The summed E-state index contributed by atoms with van der Waals surface area (Å²) in [5, 5.41) is 8.46. The van der Waals surface area contributed by atoms with E-state index < -0.39 is 23.3 Å². The Morgan fingerprint density at radius 1 is 1.14 bits per heavy atom. The Morgan fingerprint density at radius 3 is 2.58 bits per heavy atom. The highest BCUT2D eigenvalue weighted by Crippen LogP contribution is 2.47. The van der Waals surface area contributed by atoms with Gasteiger partial charge in [0.1, 0.15) is 29.3 Å². The van der Waals surface area contributed by atoms with Crippen molar-refractivity contribution in [3.63, 3.8) is 0 Å². The summed E-state index contributed by atoms with van der Waals surface area (Å²) in [5.74, 6) is 0.0377.